The molecule has 1 heterocycles. The molecule has 0 aromatic heterocycles. The third kappa shape index (κ3) is 2.75. The molecule has 6 heteroatoms. The number of piperidine rings is 1. The lowest BCUT2D eigenvalue weighted by Gasteiger charge is -2.35. The van der Waals surface area contributed by atoms with Crippen LogP contribution in [0.1, 0.15) is 13.3 Å². The van der Waals surface area contributed by atoms with E-state index < -0.39 is 10.0 Å². The number of phenolic OH excluding ortho intramolecular Hbond substituents is 1. The normalized spacial score (nSPS) is 25.4. The zero-order chi connectivity index (χ0) is 14.0. The quantitative estimate of drug-likeness (QED) is 0.912. The van der Waals surface area contributed by atoms with Gasteiger partial charge in [-0.3, -0.25) is 0 Å². The summed E-state index contributed by atoms with van der Waals surface area (Å²) in [6.45, 7) is 2.84. The molecule has 1 saturated heterocycles. The van der Waals surface area contributed by atoms with Gasteiger partial charge in [0.05, 0.1) is 6.10 Å². The van der Waals surface area contributed by atoms with Crippen LogP contribution in [0.5, 0.6) is 5.75 Å². The van der Waals surface area contributed by atoms with E-state index in [1.807, 2.05) is 0 Å². The molecule has 1 aliphatic rings. The SMILES string of the molecule is COC1CN(S(=O)(=O)c2ccccc2O)CCC1C. The smallest absolute Gasteiger partial charge is 0.246 e. The summed E-state index contributed by atoms with van der Waals surface area (Å²) in [7, 11) is -2.06. The number of hydrogen-bond donors (Lipinski definition) is 1. The van der Waals surface area contributed by atoms with Crippen molar-refractivity contribution in [2.24, 2.45) is 5.92 Å². The Kier molecular flexibility index (Phi) is 4.13. The van der Waals surface area contributed by atoms with Gasteiger partial charge in [0.2, 0.25) is 10.0 Å². The number of nitrogens with zero attached hydrogens (tertiary/aromatic N) is 1. The lowest BCUT2D eigenvalue weighted by molar-refractivity contribution is 0.0183. The van der Waals surface area contributed by atoms with Crippen molar-refractivity contribution in [3.8, 4) is 5.75 Å². The minimum absolute atomic E-state index is 0.0422. The van der Waals surface area contributed by atoms with Crippen LogP contribution in [-0.2, 0) is 14.8 Å². The average molecular weight is 285 g/mol. The number of benzene rings is 1. The lowest BCUT2D eigenvalue weighted by atomic mass is 9.97. The number of hydrogen-bond acceptors (Lipinski definition) is 4. The van der Waals surface area contributed by atoms with Crippen LogP contribution in [0.15, 0.2) is 29.2 Å². The zero-order valence-electron chi connectivity index (χ0n) is 11.1. The van der Waals surface area contributed by atoms with E-state index in [1.165, 1.54) is 16.4 Å². The van der Waals surface area contributed by atoms with E-state index >= 15 is 0 Å². The van der Waals surface area contributed by atoms with Gasteiger partial charge in [0.1, 0.15) is 10.6 Å². The summed E-state index contributed by atoms with van der Waals surface area (Å²) < 4.78 is 31.7. The first-order chi connectivity index (χ1) is 8.96. The van der Waals surface area contributed by atoms with Gasteiger partial charge < -0.3 is 9.84 Å². The Morgan fingerprint density at radius 1 is 1.37 bits per heavy atom. The van der Waals surface area contributed by atoms with Crippen LogP contribution in [-0.4, -0.2) is 44.1 Å². The Morgan fingerprint density at radius 2 is 2.05 bits per heavy atom. The Hall–Kier alpha value is -1.11. The highest BCUT2D eigenvalue weighted by molar-refractivity contribution is 7.89. The van der Waals surface area contributed by atoms with E-state index in [1.54, 1.807) is 19.2 Å². The summed E-state index contributed by atoms with van der Waals surface area (Å²) in [5, 5.41) is 9.71. The summed E-state index contributed by atoms with van der Waals surface area (Å²) in [4.78, 5) is -0.0422. The average Bonchev–Trinajstić information content (AvgIpc) is 2.39. The summed E-state index contributed by atoms with van der Waals surface area (Å²) in [6.07, 6.45) is 0.653. The largest absolute Gasteiger partial charge is 0.507 e. The van der Waals surface area contributed by atoms with Gasteiger partial charge in [0, 0.05) is 20.2 Å². The standard InChI is InChI=1S/C13H19NO4S/c1-10-7-8-14(9-12(10)18-2)19(16,17)13-6-4-3-5-11(13)15/h3-6,10,12,15H,7-9H2,1-2H3. The van der Waals surface area contributed by atoms with Crippen LogP contribution in [0.25, 0.3) is 0 Å². The molecule has 5 nitrogen and oxygen atoms in total. The van der Waals surface area contributed by atoms with Gasteiger partial charge in [-0.15, -0.1) is 0 Å². The van der Waals surface area contributed by atoms with Crippen molar-refractivity contribution >= 4 is 10.0 Å². The number of rotatable bonds is 3. The van der Waals surface area contributed by atoms with E-state index in [4.69, 9.17) is 4.74 Å². The van der Waals surface area contributed by atoms with Crippen molar-refractivity contribution in [1.82, 2.24) is 4.31 Å². The van der Waals surface area contributed by atoms with E-state index in [9.17, 15) is 13.5 Å². The van der Waals surface area contributed by atoms with E-state index in [0.29, 0.717) is 19.0 Å². The molecule has 1 fully saturated rings. The van der Waals surface area contributed by atoms with Gasteiger partial charge in [-0.05, 0) is 24.5 Å². The maximum Gasteiger partial charge on any atom is 0.246 e. The second kappa shape index (κ2) is 5.48. The van der Waals surface area contributed by atoms with Gasteiger partial charge in [-0.25, -0.2) is 8.42 Å². The van der Waals surface area contributed by atoms with Gasteiger partial charge in [0.15, 0.2) is 0 Å². The van der Waals surface area contributed by atoms with Crippen molar-refractivity contribution in [1.29, 1.82) is 0 Å². The van der Waals surface area contributed by atoms with Crippen molar-refractivity contribution in [3.63, 3.8) is 0 Å². The second-order valence-electron chi connectivity index (χ2n) is 4.87. The highest BCUT2D eigenvalue weighted by atomic mass is 32.2. The number of para-hydroxylation sites is 1. The number of aromatic hydroxyl groups is 1. The molecule has 0 spiro atoms. The summed E-state index contributed by atoms with van der Waals surface area (Å²) >= 11 is 0. The summed E-state index contributed by atoms with van der Waals surface area (Å²) in [5.41, 5.74) is 0. The van der Waals surface area contributed by atoms with Crippen LogP contribution in [0, 0.1) is 5.92 Å². The molecule has 1 N–H and O–H groups in total. The first-order valence-electron chi connectivity index (χ1n) is 6.27. The van der Waals surface area contributed by atoms with E-state index in [-0.39, 0.29) is 16.7 Å². The molecule has 2 unspecified atom stereocenters. The number of sulfonamides is 1. The molecule has 2 atom stereocenters. The van der Waals surface area contributed by atoms with Crippen molar-refractivity contribution in [2.45, 2.75) is 24.3 Å². The van der Waals surface area contributed by atoms with Crippen molar-refractivity contribution in [2.75, 3.05) is 20.2 Å². The number of ether oxygens (including phenoxy) is 1. The molecule has 0 saturated carbocycles. The zero-order valence-corrected chi connectivity index (χ0v) is 11.9. The van der Waals surface area contributed by atoms with Crippen LogP contribution >= 0.6 is 0 Å². The fraction of sp³-hybridized carbons (Fsp3) is 0.538. The Balaban J connectivity index is 2.28. The van der Waals surface area contributed by atoms with E-state index in [0.717, 1.165) is 6.42 Å². The van der Waals surface area contributed by atoms with Gasteiger partial charge >= 0.3 is 0 Å². The minimum Gasteiger partial charge on any atom is -0.507 e. The first kappa shape index (κ1) is 14.3. The Bertz CT molecular complexity index is 543. The molecular formula is C13H19NO4S. The maximum absolute atomic E-state index is 12.5. The first-order valence-corrected chi connectivity index (χ1v) is 7.71. The second-order valence-corrected chi connectivity index (χ2v) is 6.78. The van der Waals surface area contributed by atoms with Gasteiger partial charge in [0.25, 0.3) is 0 Å². The molecular weight excluding hydrogens is 266 g/mol. The fourth-order valence-electron chi connectivity index (χ4n) is 2.34. The third-order valence-electron chi connectivity index (χ3n) is 3.64. The molecule has 0 radical (unpaired) electrons. The lowest BCUT2D eigenvalue weighted by Crippen LogP contribution is -2.46. The third-order valence-corrected chi connectivity index (χ3v) is 5.55. The molecule has 1 aromatic carbocycles. The molecule has 0 aliphatic carbocycles. The highest BCUT2D eigenvalue weighted by Crippen LogP contribution is 2.29. The van der Waals surface area contributed by atoms with Crippen LogP contribution in [0.3, 0.4) is 0 Å². The summed E-state index contributed by atoms with van der Waals surface area (Å²) in [5.74, 6) is 0.121. The van der Waals surface area contributed by atoms with Gasteiger partial charge in [-0.2, -0.15) is 4.31 Å². The molecule has 1 aromatic rings. The molecule has 106 valence electrons. The molecule has 2 rings (SSSR count). The monoisotopic (exact) mass is 285 g/mol. The Labute approximate surface area is 113 Å². The van der Waals surface area contributed by atoms with Crippen LogP contribution in [0.2, 0.25) is 0 Å². The summed E-state index contributed by atoms with van der Waals surface area (Å²) in [6, 6.07) is 6.01. The molecule has 0 amide bonds. The van der Waals surface area contributed by atoms with Gasteiger partial charge in [-0.1, -0.05) is 19.1 Å². The predicted octanol–water partition coefficient (Wildman–Crippen LogP) is 1.44. The van der Waals surface area contributed by atoms with Crippen LogP contribution in [0.4, 0.5) is 0 Å². The molecule has 19 heavy (non-hydrogen) atoms. The number of methoxy groups -OCH3 is 1. The topological polar surface area (TPSA) is 66.8 Å². The minimum atomic E-state index is -3.66. The predicted molar refractivity (Wildman–Crippen MR) is 71.4 cm³/mol. The fourth-order valence-corrected chi connectivity index (χ4v) is 3.89. The number of phenols is 1. The molecule has 0 bridgehead atoms. The Morgan fingerprint density at radius 3 is 2.68 bits per heavy atom. The van der Waals surface area contributed by atoms with Crippen LogP contribution < -0.4 is 0 Å². The maximum atomic E-state index is 12.5. The van der Waals surface area contributed by atoms with Crippen molar-refractivity contribution in [3.05, 3.63) is 24.3 Å². The molecule has 1 aliphatic heterocycles. The highest BCUT2D eigenvalue weighted by Gasteiger charge is 2.34. The van der Waals surface area contributed by atoms with Crippen molar-refractivity contribution < 1.29 is 18.3 Å². The van der Waals surface area contributed by atoms with E-state index in [2.05, 4.69) is 6.92 Å².